The highest BCUT2D eigenvalue weighted by Crippen LogP contribution is 2.04. The summed E-state index contributed by atoms with van der Waals surface area (Å²) in [5.41, 5.74) is 0.685. The normalized spacial score (nSPS) is 9.21. The van der Waals surface area contributed by atoms with Gasteiger partial charge >= 0.3 is 5.97 Å². The summed E-state index contributed by atoms with van der Waals surface area (Å²) in [6, 6.07) is 8.97. The second-order valence-electron chi connectivity index (χ2n) is 2.69. The van der Waals surface area contributed by atoms with E-state index in [0.717, 1.165) is 0 Å². The first kappa shape index (κ1) is 10.2. The largest absolute Gasteiger partial charge is 0.456 e. The first-order valence-electron chi connectivity index (χ1n) is 4.17. The quantitative estimate of drug-likeness (QED) is 0.733. The number of para-hydroxylation sites is 1. The number of nitrogens with one attached hydrogen (secondary N) is 1. The van der Waals surface area contributed by atoms with E-state index in [2.05, 4.69) is 10.1 Å². The van der Waals surface area contributed by atoms with Gasteiger partial charge in [-0.25, -0.2) is 0 Å². The molecule has 0 bridgehead atoms. The average molecular weight is 193 g/mol. The van der Waals surface area contributed by atoms with Gasteiger partial charge in [0.05, 0.1) is 0 Å². The molecule has 0 aromatic heterocycles. The lowest BCUT2D eigenvalue weighted by Crippen LogP contribution is -2.19. The van der Waals surface area contributed by atoms with Crippen LogP contribution in [0.2, 0.25) is 0 Å². The lowest BCUT2D eigenvalue weighted by Gasteiger charge is -2.04. The molecule has 0 aliphatic heterocycles. The van der Waals surface area contributed by atoms with Crippen LogP contribution in [0.25, 0.3) is 0 Å². The Kier molecular flexibility index (Phi) is 3.67. The molecular weight excluding hydrogens is 182 g/mol. The highest BCUT2D eigenvalue weighted by molar-refractivity contribution is 5.92. The van der Waals surface area contributed by atoms with Crippen LogP contribution in [0, 0.1) is 0 Å². The van der Waals surface area contributed by atoms with Gasteiger partial charge in [0.25, 0.3) is 5.91 Å². The molecule has 1 N–H and O–H groups in total. The van der Waals surface area contributed by atoms with Crippen molar-refractivity contribution in [3.63, 3.8) is 0 Å². The number of rotatable bonds is 3. The molecule has 0 fully saturated rings. The smallest absolute Gasteiger partial charge is 0.303 e. The summed E-state index contributed by atoms with van der Waals surface area (Å²) in [5.74, 6) is -0.806. The van der Waals surface area contributed by atoms with Crippen molar-refractivity contribution in [3.8, 4) is 0 Å². The van der Waals surface area contributed by atoms with Gasteiger partial charge in [-0.2, -0.15) is 0 Å². The van der Waals surface area contributed by atoms with E-state index in [-0.39, 0.29) is 12.5 Å². The zero-order valence-electron chi connectivity index (χ0n) is 7.82. The molecule has 1 amide bonds. The lowest BCUT2D eigenvalue weighted by molar-refractivity contribution is -0.144. The van der Waals surface area contributed by atoms with Gasteiger partial charge < -0.3 is 10.1 Å². The first-order chi connectivity index (χ1) is 6.68. The summed E-state index contributed by atoms with van der Waals surface area (Å²) in [5, 5.41) is 2.58. The van der Waals surface area contributed by atoms with Crippen LogP contribution in [0.3, 0.4) is 0 Å². The second-order valence-corrected chi connectivity index (χ2v) is 2.69. The zero-order chi connectivity index (χ0) is 10.4. The molecule has 4 nitrogen and oxygen atoms in total. The van der Waals surface area contributed by atoms with Gasteiger partial charge in [0.15, 0.2) is 6.61 Å². The van der Waals surface area contributed by atoms with Crippen molar-refractivity contribution in [1.29, 1.82) is 0 Å². The highest BCUT2D eigenvalue weighted by atomic mass is 16.5. The molecule has 0 spiro atoms. The Morgan fingerprint density at radius 1 is 1.29 bits per heavy atom. The van der Waals surface area contributed by atoms with Crippen molar-refractivity contribution < 1.29 is 14.3 Å². The maximum absolute atomic E-state index is 11.1. The third-order valence-electron chi connectivity index (χ3n) is 1.46. The van der Waals surface area contributed by atoms with Crippen LogP contribution >= 0.6 is 0 Å². The molecule has 4 heteroatoms. The third kappa shape index (κ3) is 3.71. The molecule has 1 aromatic rings. The van der Waals surface area contributed by atoms with Crippen molar-refractivity contribution in [3.05, 3.63) is 30.3 Å². The van der Waals surface area contributed by atoms with E-state index in [1.807, 2.05) is 6.07 Å². The van der Waals surface area contributed by atoms with Gasteiger partial charge in [0.2, 0.25) is 0 Å². The van der Waals surface area contributed by atoms with E-state index in [1.165, 1.54) is 6.92 Å². The minimum Gasteiger partial charge on any atom is -0.456 e. The van der Waals surface area contributed by atoms with Crippen molar-refractivity contribution in [2.24, 2.45) is 0 Å². The maximum atomic E-state index is 11.1. The Morgan fingerprint density at radius 3 is 2.50 bits per heavy atom. The van der Waals surface area contributed by atoms with Crippen LogP contribution in [0.1, 0.15) is 6.92 Å². The average Bonchev–Trinajstić information content (AvgIpc) is 2.16. The second kappa shape index (κ2) is 5.01. The Labute approximate surface area is 81.9 Å². The predicted molar refractivity (Wildman–Crippen MR) is 51.7 cm³/mol. The van der Waals surface area contributed by atoms with E-state index < -0.39 is 5.97 Å². The fourth-order valence-electron chi connectivity index (χ4n) is 0.886. The molecule has 0 aliphatic carbocycles. The van der Waals surface area contributed by atoms with Crippen molar-refractivity contribution in [2.45, 2.75) is 6.92 Å². The van der Waals surface area contributed by atoms with Gasteiger partial charge in [-0.3, -0.25) is 9.59 Å². The lowest BCUT2D eigenvalue weighted by atomic mass is 10.3. The highest BCUT2D eigenvalue weighted by Gasteiger charge is 2.03. The maximum Gasteiger partial charge on any atom is 0.303 e. The third-order valence-corrected chi connectivity index (χ3v) is 1.46. The van der Waals surface area contributed by atoms with Gasteiger partial charge in [0.1, 0.15) is 0 Å². The van der Waals surface area contributed by atoms with E-state index in [0.29, 0.717) is 5.69 Å². The monoisotopic (exact) mass is 193 g/mol. The molecule has 0 saturated heterocycles. The van der Waals surface area contributed by atoms with Crippen LogP contribution in [-0.4, -0.2) is 18.5 Å². The van der Waals surface area contributed by atoms with E-state index in [1.54, 1.807) is 24.3 Å². The predicted octanol–water partition coefficient (Wildman–Crippen LogP) is 1.19. The van der Waals surface area contributed by atoms with Crippen LogP contribution in [-0.2, 0) is 14.3 Å². The first-order valence-corrected chi connectivity index (χ1v) is 4.17. The molecule has 0 unspecified atom stereocenters. The Hall–Kier alpha value is -1.84. The number of hydrogen-bond acceptors (Lipinski definition) is 3. The topological polar surface area (TPSA) is 55.4 Å². The standard InChI is InChI=1S/C10H11NO3/c1-8(12)14-7-10(13)11-9-5-3-2-4-6-9/h2-6H,7H2,1H3,(H,11,13). The molecule has 0 heterocycles. The molecule has 74 valence electrons. The summed E-state index contributed by atoms with van der Waals surface area (Å²) in [6.07, 6.45) is 0. The van der Waals surface area contributed by atoms with E-state index in [4.69, 9.17) is 0 Å². The summed E-state index contributed by atoms with van der Waals surface area (Å²) in [7, 11) is 0. The molecular formula is C10H11NO3. The molecule has 1 rings (SSSR count). The molecule has 0 aliphatic rings. The number of amides is 1. The zero-order valence-corrected chi connectivity index (χ0v) is 7.82. The number of esters is 1. The van der Waals surface area contributed by atoms with Crippen LogP contribution in [0.4, 0.5) is 5.69 Å². The van der Waals surface area contributed by atoms with Crippen LogP contribution in [0.15, 0.2) is 30.3 Å². The van der Waals surface area contributed by atoms with Crippen molar-refractivity contribution >= 4 is 17.6 Å². The SMILES string of the molecule is CC(=O)OCC(=O)Nc1ccccc1. The fraction of sp³-hybridized carbons (Fsp3) is 0.200. The van der Waals surface area contributed by atoms with Crippen LogP contribution in [0.5, 0.6) is 0 Å². The van der Waals surface area contributed by atoms with Gasteiger partial charge in [-0.1, -0.05) is 18.2 Å². The Balaban J connectivity index is 2.38. The fourth-order valence-corrected chi connectivity index (χ4v) is 0.886. The number of ether oxygens (including phenoxy) is 1. The van der Waals surface area contributed by atoms with Gasteiger partial charge in [0, 0.05) is 12.6 Å². The van der Waals surface area contributed by atoms with Crippen LogP contribution < -0.4 is 5.32 Å². The van der Waals surface area contributed by atoms with Crippen molar-refractivity contribution in [1.82, 2.24) is 0 Å². The van der Waals surface area contributed by atoms with E-state index >= 15 is 0 Å². The molecule has 0 atom stereocenters. The number of hydrogen-bond donors (Lipinski definition) is 1. The van der Waals surface area contributed by atoms with Gasteiger partial charge in [-0.05, 0) is 12.1 Å². The number of carbonyl (C=O) groups is 2. The molecule has 14 heavy (non-hydrogen) atoms. The molecule has 0 radical (unpaired) electrons. The Bertz CT molecular complexity index is 321. The van der Waals surface area contributed by atoms with E-state index in [9.17, 15) is 9.59 Å². The molecule has 0 saturated carbocycles. The summed E-state index contributed by atoms with van der Waals surface area (Å²) in [6.45, 7) is 1.01. The number of anilines is 1. The van der Waals surface area contributed by atoms with Crippen molar-refractivity contribution in [2.75, 3.05) is 11.9 Å². The summed E-state index contributed by atoms with van der Waals surface area (Å²) in [4.78, 5) is 21.5. The summed E-state index contributed by atoms with van der Waals surface area (Å²) < 4.78 is 4.52. The minimum absolute atomic E-state index is 0.246. The minimum atomic E-state index is -0.465. The number of benzene rings is 1. The summed E-state index contributed by atoms with van der Waals surface area (Å²) >= 11 is 0. The van der Waals surface area contributed by atoms with Gasteiger partial charge in [-0.15, -0.1) is 0 Å². The molecule has 1 aromatic carbocycles. The number of carbonyl (C=O) groups excluding carboxylic acids is 2. The Morgan fingerprint density at radius 2 is 1.93 bits per heavy atom.